The first kappa shape index (κ1) is 44.6. The van der Waals surface area contributed by atoms with Gasteiger partial charge in [-0.1, -0.05) is 151 Å². The van der Waals surface area contributed by atoms with Gasteiger partial charge in [0, 0.05) is 31.1 Å². The number of nitrogens with one attached hydrogen (secondary N) is 2. The van der Waals surface area contributed by atoms with Crippen molar-refractivity contribution in [1.29, 1.82) is 0 Å². The van der Waals surface area contributed by atoms with Crippen LogP contribution in [0.25, 0.3) is 11.1 Å². The molecule has 322 valence electrons. The zero-order valence-corrected chi connectivity index (χ0v) is 36.1. The first-order chi connectivity index (χ1) is 30.0. The van der Waals surface area contributed by atoms with Gasteiger partial charge < -0.3 is 25.0 Å². The van der Waals surface area contributed by atoms with E-state index in [0.29, 0.717) is 13.0 Å². The summed E-state index contributed by atoms with van der Waals surface area (Å²) >= 11 is 0. The minimum Gasteiger partial charge on any atom is -0.392 e. The van der Waals surface area contributed by atoms with Gasteiger partial charge in [0.25, 0.3) is 0 Å². The number of nitrogens with zero attached hydrogens (tertiary/aromatic N) is 1. The monoisotopic (exact) mass is 853 g/mol. The number of ether oxygens (including phenoxy) is 2. The second kappa shape index (κ2) is 20.6. The van der Waals surface area contributed by atoms with E-state index in [9.17, 15) is 23.4 Å². The Morgan fingerprint density at radius 2 is 1.40 bits per heavy atom. The number of carbonyl (C=O) groups excluding carboxylic acids is 1. The molecule has 1 fully saturated rings. The van der Waals surface area contributed by atoms with E-state index in [-0.39, 0.29) is 42.7 Å². The number of hydrogen-bond donors (Lipinski definition) is 4. The molecule has 1 saturated heterocycles. The van der Waals surface area contributed by atoms with E-state index in [1.165, 1.54) is 12.1 Å². The molecule has 6 aromatic rings. The molecule has 7 rings (SSSR count). The largest absolute Gasteiger partial charge is 0.392 e. The lowest BCUT2D eigenvalue weighted by molar-refractivity contribution is -0.253. The van der Waals surface area contributed by atoms with E-state index in [2.05, 4.69) is 14.9 Å². The molecular formula is C51H55N3O7S. The molecule has 0 spiro atoms. The van der Waals surface area contributed by atoms with Gasteiger partial charge in [0.15, 0.2) is 6.29 Å². The summed E-state index contributed by atoms with van der Waals surface area (Å²) in [6.07, 6.45) is -1.06. The van der Waals surface area contributed by atoms with Crippen molar-refractivity contribution in [3.05, 3.63) is 197 Å². The fraction of sp³-hybridized carbons (Fsp3) is 0.275. The van der Waals surface area contributed by atoms with E-state index in [0.717, 1.165) is 50.1 Å². The van der Waals surface area contributed by atoms with Gasteiger partial charge in [-0.2, -0.15) is 4.72 Å². The van der Waals surface area contributed by atoms with Crippen molar-refractivity contribution in [1.82, 2.24) is 14.9 Å². The smallest absolute Gasteiger partial charge is 0.241 e. The predicted octanol–water partition coefficient (Wildman–Crippen LogP) is 7.96. The molecule has 0 unspecified atom stereocenters. The fourth-order valence-electron chi connectivity index (χ4n) is 7.78. The number of rotatable bonds is 17. The van der Waals surface area contributed by atoms with Crippen LogP contribution in [0.15, 0.2) is 163 Å². The molecule has 6 aromatic carbocycles. The van der Waals surface area contributed by atoms with Crippen LogP contribution in [-0.2, 0) is 43.9 Å². The van der Waals surface area contributed by atoms with Gasteiger partial charge in [0.05, 0.1) is 29.8 Å². The summed E-state index contributed by atoms with van der Waals surface area (Å²) in [5, 5.41) is 23.9. The number of likely N-dealkylation sites (N-methyl/N-ethyl adjacent to an activating group) is 1. The molecule has 0 aliphatic carbocycles. The lowest BCUT2D eigenvalue weighted by Gasteiger charge is -2.39. The molecular weight excluding hydrogens is 799 g/mol. The molecule has 0 aromatic heterocycles. The summed E-state index contributed by atoms with van der Waals surface area (Å²) in [6, 6.07) is 47.9. The van der Waals surface area contributed by atoms with Crippen LogP contribution in [0.5, 0.6) is 0 Å². The van der Waals surface area contributed by atoms with Gasteiger partial charge >= 0.3 is 0 Å². The molecule has 1 aliphatic rings. The second-order valence-corrected chi connectivity index (χ2v) is 17.8. The molecule has 1 amide bonds. The Balaban J connectivity index is 1.07. The van der Waals surface area contributed by atoms with Crippen LogP contribution in [0.1, 0.15) is 70.8 Å². The topological polar surface area (TPSA) is 137 Å². The molecule has 6 atom stereocenters. The van der Waals surface area contributed by atoms with E-state index in [4.69, 9.17) is 9.47 Å². The van der Waals surface area contributed by atoms with Crippen molar-refractivity contribution in [3.8, 4) is 11.1 Å². The first-order valence-electron chi connectivity index (χ1n) is 21.0. The highest BCUT2D eigenvalue weighted by Gasteiger charge is 2.34. The zero-order chi connectivity index (χ0) is 43.6. The normalized spacial score (nSPS) is 18.2. The van der Waals surface area contributed by atoms with E-state index in [1.54, 1.807) is 12.1 Å². The van der Waals surface area contributed by atoms with Crippen LogP contribution in [0.2, 0.25) is 0 Å². The van der Waals surface area contributed by atoms with Crippen molar-refractivity contribution in [2.45, 2.75) is 81.4 Å². The average molecular weight is 854 g/mol. The number of aliphatic hydroxyl groups is 2. The molecule has 1 aliphatic heterocycles. The number of benzene rings is 6. The van der Waals surface area contributed by atoms with Crippen LogP contribution >= 0.6 is 0 Å². The van der Waals surface area contributed by atoms with Crippen LogP contribution in [0.3, 0.4) is 0 Å². The maximum Gasteiger partial charge on any atom is 0.241 e. The van der Waals surface area contributed by atoms with Gasteiger partial charge in [0.2, 0.25) is 15.9 Å². The Bertz CT molecular complexity index is 2470. The average Bonchev–Trinajstić information content (AvgIpc) is 3.30. The van der Waals surface area contributed by atoms with Crippen molar-refractivity contribution < 1.29 is 32.9 Å². The number of aryl methyl sites for hydroxylation is 1. The highest BCUT2D eigenvalue weighted by Crippen LogP contribution is 2.39. The molecule has 0 radical (unpaired) electrons. The zero-order valence-electron chi connectivity index (χ0n) is 35.3. The molecule has 11 heteroatoms. The Kier molecular flexibility index (Phi) is 14.8. The number of amides is 1. The summed E-state index contributed by atoms with van der Waals surface area (Å²) in [5.41, 5.74) is 7.96. The summed E-state index contributed by atoms with van der Waals surface area (Å²) in [6.45, 7) is 4.59. The number of sulfonamides is 1. The highest BCUT2D eigenvalue weighted by atomic mass is 32.2. The number of hydrogen-bond acceptors (Lipinski definition) is 8. The van der Waals surface area contributed by atoms with Gasteiger partial charge in [-0.25, -0.2) is 8.42 Å². The Morgan fingerprint density at radius 1 is 0.774 bits per heavy atom. The molecule has 62 heavy (non-hydrogen) atoms. The van der Waals surface area contributed by atoms with Gasteiger partial charge in [-0.05, 0) is 78.4 Å². The van der Waals surface area contributed by atoms with Crippen LogP contribution < -0.4 is 10.0 Å². The Hall–Kier alpha value is -5.50. The highest BCUT2D eigenvalue weighted by molar-refractivity contribution is 7.89. The predicted molar refractivity (Wildman–Crippen MR) is 241 cm³/mol. The summed E-state index contributed by atoms with van der Waals surface area (Å²) < 4.78 is 42.9. The van der Waals surface area contributed by atoms with Crippen LogP contribution in [0, 0.1) is 6.92 Å². The third-order valence-electron chi connectivity index (χ3n) is 11.6. The minimum atomic E-state index is -3.99. The minimum absolute atomic E-state index is 0.0424. The van der Waals surface area contributed by atoms with Crippen LogP contribution in [0.4, 0.5) is 0 Å². The number of aliphatic hydroxyl groups excluding tert-OH is 2. The SMILES string of the molecule is Cc1ccc(S(=O)(=O)N[C@H](Cc2ccccc2)C(=O)NCc2ccccc2-c2ccc([C@@H]3O[C@H](CN(C)[C@@H](C)[C@H](O)c4ccccc4)C[C@H](c4ccc(CO)cc4)O3)cc2)cc1. The van der Waals surface area contributed by atoms with Gasteiger partial charge in [-0.15, -0.1) is 0 Å². The Morgan fingerprint density at radius 3 is 2.08 bits per heavy atom. The van der Waals surface area contributed by atoms with Gasteiger partial charge in [0.1, 0.15) is 6.04 Å². The summed E-state index contributed by atoms with van der Waals surface area (Å²) in [4.78, 5) is 16.1. The standard InChI is InChI=1S/C51H55N3O7S/c1-35-18-28-45(29-19-35)62(58,59)53-47(30-37-12-6-4-7-13-37)50(57)52-32-43-16-10-11-17-46(43)39-24-26-42(27-25-39)51-60-44(31-48(61-51)40-22-20-38(34-55)21-23-40)33-54(3)36(2)49(56)41-14-8-5-9-15-41/h4-29,36,44,47-49,51,53,55-56H,30-34H2,1-3H3,(H,52,57)/t36-,44-,47+,48+,49-,51+/m0/s1. The van der Waals surface area contributed by atoms with E-state index in [1.807, 2.05) is 154 Å². The van der Waals surface area contributed by atoms with Crippen LogP contribution in [-0.4, -0.2) is 61.2 Å². The van der Waals surface area contributed by atoms with Crippen molar-refractivity contribution in [3.63, 3.8) is 0 Å². The van der Waals surface area contributed by atoms with Crippen molar-refractivity contribution in [2.24, 2.45) is 0 Å². The summed E-state index contributed by atoms with van der Waals surface area (Å²) in [5.74, 6) is -0.439. The quantitative estimate of drug-likeness (QED) is 0.0726. The molecule has 1 heterocycles. The lowest BCUT2D eigenvalue weighted by atomic mass is 9.97. The third kappa shape index (κ3) is 11.3. The Labute approximate surface area is 365 Å². The molecule has 4 N–H and O–H groups in total. The van der Waals surface area contributed by atoms with Crippen molar-refractivity contribution >= 4 is 15.9 Å². The molecule has 10 nitrogen and oxygen atoms in total. The van der Waals surface area contributed by atoms with Gasteiger partial charge in [-0.3, -0.25) is 9.69 Å². The maximum atomic E-state index is 13.8. The first-order valence-corrected chi connectivity index (χ1v) is 22.5. The third-order valence-corrected chi connectivity index (χ3v) is 13.1. The van der Waals surface area contributed by atoms with Crippen molar-refractivity contribution in [2.75, 3.05) is 13.6 Å². The fourth-order valence-corrected chi connectivity index (χ4v) is 8.98. The summed E-state index contributed by atoms with van der Waals surface area (Å²) in [7, 11) is -1.99. The number of carbonyl (C=O) groups is 1. The van der Waals surface area contributed by atoms with E-state index < -0.39 is 34.4 Å². The lowest BCUT2D eigenvalue weighted by Crippen LogP contribution is -2.47. The van der Waals surface area contributed by atoms with E-state index >= 15 is 0 Å². The maximum absolute atomic E-state index is 13.8. The second-order valence-electron chi connectivity index (χ2n) is 16.1. The molecule has 0 bridgehead atoms. The molecule has 0 saturated carbocycles.